The Morgan fingerprint density at radius 3 is 2.52 bits per heavy atom. The highest BCUT2D eigenvalue weighted by atomic mass is 16.5. The van der Waals surface area contributed by atoms with Crippen molar-refractivity contribution >= 4 is 0 Å². The van der Waals surface area contributed by atoms with Gasteiger partial charge in [0.1, 0.15) is 0 Å². The summed E-state index contributed by atoms with van der Waals surface area (Å²) in [6.07, 6.45) is 0.440. The first-order valence-corrected chi connectivity index (χ1v) is 9.11. The van der Waals surface area contributed by atoms with Gasteiger partial charge in [-0.25, -0.2) is 0 Å². The van der Waals surface area contributed by atoms with Gasteiger partial charge in [-0.05, 0) is 54.7 Å². The molecular formula is C21H26O6. The van der Waals surface area contributed by atoms with Crippen LogP contribution in [0.15, 0.2) is 36.4 Å². The third-order valence-electron chi connectivity index (χ3n) is 5.05. The summed E-state index contributed by atoms with van der Waals surface area (Å²) in [4.78, 5) is 0. The molecule has 1 aliphatic heterocycles. The number of aliphatic hydroxyl groups excluding tert-OH is 1. The van der Waals surface area contributed by atoms with Crippen LogP contribution in [0.4, 0.5) is 0 Å². The van der Waals surface area contributed by atoms with Crippen molar-refractivity contribution in [2.75, 3.05) is 26.9 Å². The molecule has 0 aromatic heterocycles. The van der Waals surface area contributed by atoms with E-state index < -0.39 is 0 Å². The van der Waals surface area contributed by atoms with Crippen molar-refractivity contribution < 1.29 is 29.5 Å². The third kappa shape index (κ3) is 4.12. The molecule has 1 fully saturated rings. The molecule has 3 rings (SSSR count). The fourth-order valence-corrected chi connectivity index (χ4v) is 3.65. The second-order valence-electron chi connectivity index (χ2n) is 6.73. The lowest BCUT2D eigenvalue weighted by Gasteiger charge is -2.22. The second kappa shape index (κ2) is 8.50. The molecule has 2 aromatic carbocycles. The Labute approximate surface area is 158 Å². The summed E-state index contributed by atoms with van der Waals surface area (Å²) in [5, 5.41) is 29.6. The topological polar surface area (TPSA) is 88.4 Å². The molecule has 0 saturated carbocycles. The van der Waals surface area contributed by atoms with E-state index in [1.54, 1.807) is 24.3 Å². The molecule has 0 amide bonds. The van der Waals surface area contributed by atoms with E-state index in [1.807, 2.05) is 19.1 Å². The van der Waals surface area contributed by atoms with Gasteiger partial charge in [-0.15, -0.1) is 0 Å². The average Bonchev–Trinajstić information content (AvgIpc) is 3.07. The number of aromatic hydroxyl groups is 2. The molecule has 6 heteroatoms. The van der Waals surface area contributed by atoms with Gasteiger partial charge in [-0.3, -0.25) is 0 Å². The van der Waals surface area contributed by atoms with Crippen LogP contribution in [0.3, 0.4) is 0 Å². The molecule has 0 bridgehead atoms. The zero-order valence-corrected chi connectivity index (χ0v) is 15.6. The van der Waals surface area contributed by atoms with Crippen LogP contribution in [0.5, 0.6) is 23.0 Å². The maximum Gasteiger partial charge on any atom is 0.161 e. The van der Waals surface area contributed by atoms with Gasteiger partial charge >= 0.3 is 0 Å². The summed E-state index contributed by atoms with van der Waals surface area (Å²) in [6, 6.07) is 10.5. The quantitative estimate of drug-likeness (QED) is 0.690. The summed E-state index contributed by atoms with van der Waals surface area (Å²) < 4.78 is 16.6. The molecule has 1 heterocycles. The number of ether oxygens (including phenoxy) is 3. The van der Waals surface area contributed by atoms with Gasteiger partial charge in [-0.1, -0.05) is 12.1 Å². The fourth-order valence-electron chi connectivity index (χ4n) is 3.65. The largest absolute Gasteiger partial charge is 0.504 e. The fraction of sp³-hybridized carbons (Fsp3) is 0.429. The normalized spacial score (nSPS) is 22.0. The zero-order chi connectivity index (χ0) is 19.4. The van der Waals surface area contributed by atoms with Crippen LogP contribution < -0.4 is 9.47 Å². The van der Waals surface area contributed by atoms with Crippen molar-refractivity contribution in [1.29, 1.82) is 0 Å². The van der Waals surface area contributed by atoms with E-state index in [-0.39, 0.29) is 36.0 Å². The minimum atomic E-state index is -0.266. The van der Waals surface area contributed by atoms with E-state index in [0.29, 0.717) is 31.1 Å². The lowest BCUT2D eigenvalue weighted by Crippen LogP contribution is -2.21. The first-order chi connectivity index (χ1) is 13.1. The van der Waals surface area contributed by atoms with Crippen molar-refractivity contribution in [2.24, 2.45) is 11.8 Å². The molecule has 2 aromatic rings. The molecular weight excluding hydrogens is 348 g/mol. The van der Waals surface area contributed by atoms with E-state index in [2.05, 4.69) is 0 Å². The minimum Gasteiger partial charge on any atom is -0.504 e. The maximum absolute atomic E-state index is 9.98. The Balaban J connectivity index is 1.78. The molecule has 0 aliphatic carbocycles. The highest BCUT2D eigenvalue weighted by molar-refractivity contribution is 5.43. The Hall–Kier alpha value is -2.44. The lowest BCUT2D eigenvalue weighted by molar-refractivity contribution is 0.0717. The highest BCUT2D eigenvalue weighted by Gasteiger charge is 2.38. The number of methoxy groups -OCH3 is 1. The van der Waals surface area contributed by atoms with Crippen LogP contribution in [0.25, 0.3) is 0 Å². The maximum atomic E-state index is 9.98. The SMILES string of the molecule is CCOc1cc(CC2COC(c3ccc(O)c(OC)c3)C2CO)ccc1O. The summed E-state index contributed by atoms with van der Waals surface area (Å²) in [5.41, 5.74) is 1.89. The molecule has 3 atom stereocenters. The number of benzene rings is 2. The van der Waals surface area contributed by atoms with Crippen LogP contribution >= 0.6 is 0 Å². The second-order valence-corrected chi connectivity index (χ2v) is 6.73. The number of aliphatic hydroxyl groups is 1. The first kappa shape index (κ1) is 19.3. The summed E-state index contributed by atoms with van der Waals surface area (Å²) in [7, 11) is 1.50. The van der Waals surface area contributed by atoms with E-state index in [9.17, 15) is 15.3 Å². The van der Waals surface area contributed by atoms with Crippen molar-refractivity contribution in [2.45, 2.75) is 19.4 Å². The zero-order valence-electron chi connectivity index (χ0n) is 15.6. The average molecular weight is 374 g/mol. The molecule has 3 unspecified atom stereocenters. The van der Waals surface area contributed by atoms with Gasteiger partial charge in [0.25, 0.3) is 0 Å². The van der Waals surface area contributed by atoms with Crippen molar-refractivity contribution in [3.05, 3.63) is 47.5 Å². The Kier molecular flexibility index (Phi) is 6.08. The molecule has 0 radical (unpaired) electrons. The number of phenolic OH excluding ortho intramolecular Hbond substituents is 2. The highest BCUT2D eigenvalue weighted by Crippen LogP contribution is 2.42. The van der Waals surface area contributed by atoms with Gasteiger partial charge in [0.2, 0.25) is 0 Å². The third-order valence-corrected chi connectivity index (χ3v) is 5.05. The molecule has 1 aliphatic rings. The van der Waals surface area contributed by atoms with Crippen LogP contribution in [0.2, 0.25) is 0 Å². The Morgan fingerprint density at radius 2 is 1.81 bits per heavy atom. The van der Waals surface area contributed by atoms with Crippen LogP contribution in [-0.2, 0) is 11.2 Å². The minimum absolute atomic E-state index is 0.00503. The number of phenols is 2. The van der Waals surface area contributed by atoms with Crippen molar-refractivity contribution in [1.82, 2.24) is 0 Å². The van der Waals surface area contributed by atoms with E-state index >= 15 is 0 Å². The lowest BCUT2D eigenvalue weighted by atomic mass is 9.84. The Morgan fingerprint density at radius 1 is 1.07 bits per heavy atom. The van der Waals surface area contributed by atoms with E-state index in [1.165, 1.54) is 7.11 Å². The van der Waals surface area contributed by atoms with Gasteiger partial charge in [-0.2, -0.15) is 0 Å². The smallest absolute Gasteiger partial charge is 0.161 e. The molecule has 1 saturated heterocycles. The molecule has 6 nitrogen and oxygen atoms in total. The first-order valence-electron chi connectivity index (χ1n) is 9.11. The van der Waals surface area contributed by atoms with Crippen molar-refractivity contribution in [3.8, 4) is 23.0 Å². The summed E-state index contributed by atoms with van der Waals surface area (Å²) in [5.74, 6) is 1.09. The van der Waals surface area contributed by atoms with Crippen LogP contribution in [0, 0.1) is 11.8 Å². The number of hydrogen-bond acceptors (Lipinski definition) is 6. The van der Waals surface area contributed by atoms with E-state index in [0.717, 1.165) is 11.1 Å². The van der Waals surface area contributed by atoms with E-state index in [4.69, 9.17) is 14.2 Å². The number of hydrogen-bond donors (Lipinski definition) is 3. The van der Waals surface area contributed by atoms with Gasteiger partial charge in [0.15, 0.2) is 23.0 Å². The summed E-state index contributed by atoms with van der Waals surface area (Å²) in [6.45, 7) is 2.86. The molecule has 146 valence electrons. The predicted octanol–water partition coefficient (Wildman–Crippen LogP) is 3.04. The van der Waals surface area contributed by atoms with Gasteiger partial charge in [0, 0.05) is 12.5 Å². The Bertz CT molecular complexity index is 775. The molecule has 3 N–H and O–H groups in total. The molecule has 27 heavy (non-hydrogen) atoms. The van der Waals surface area contributed by atoms with Crippen LogP contribution in [0.1, 0.15) is 24.2 Å². The summed E-state index contributed by atoms with van der Waals surface area (Å²) >= 11 is 0. The molecule has 0 spiro atoms. The van der Waals surface area contributed by atoms with Gasteiger partial charge < -0.3 is 29.5 Å². The van der Waals surface area contributed by atoms with Gasteiger partial charge in [0.05, 0.1) is 26.4 Å². The predicted molar refractivity (Wildman–Crippen MR) is 100 cm³/mol. The van der Waals surface area contributed by atoms with Crippen molar-refractivity contribution in [3.63, 3.8) is 0 Å². The van der Waals surface area contributed by atoms with Crippen LogP contribution in [-0.4, -0.2) is 42.3 Å². The monoisotopic (exact) mass is 374 g/mol. The standard InChI is InChI=1S/C21H26O6/c1-3-26-20-9-13(4-6-18(20)24)8-15-12-27-21(16(15)11-22)14-5-7-17(23)19(10-14)25-2/h4-7,9-10,15-16,21-24H,3,8,11-12H2,1-2H3. The number of rotatable bonds is 7.